The van der Waals surface area contributed by atoms with Gasteiger partial charge in [-0.05, 0) is 34.9 Å². The molecule has 2 aromatic rings. The Bertz CT molecular complexity index is 606. The van der Waals surface area contributed by atoms with Crippen LogP contribution in [0.4, 0.5) is 0 Å². The number of rotatable bonds is 3. The van der Waals surface area contributed by atoms with Gasteiger partial charge >= 0.3 is 0 Å². The lowest BCUT2D eigenvalue weighted by Gasteiger charge is -2.08. The lowest BCUT2D eigenvalue weighted by Crippen LogP contribution is -1.91. The number of methoxy groups -OCH3 is 1. The molecule has 0 spiro atoms. The Morgan fingerprint density at radius 3 is 2.39 bits per heavy atom. The molecule has 2 heteroatoms. The molecule has 0 amide bonds. The van der Waals surface area contributed by atoms with Crippen LogP contribution < -0.4 is 4.74 Å². The zero-order valence-corrected chi connectivity index (χ0v) is 10.2. The molecule has 2 nitrogen and oxygen atoms in total. The summed E-state index contributed by atoms with van der Waals surface area (Å²) < 4.78 is 5.12. The van der Waals surface area contributed by atoms with E-state index in [4.69, 9.17) is 10.00 Å². The van der Waals surface area contributed by atoms with Crippen LogP contribution in [0.2, 0.25) is 0 Å². The molecule has 88 valence electrons. The van der Waals surface area contributed by atoms with Crippen molar-refractivity contribution in [2.45, 2.75) is 0 Å². The van der Waals surface area contributed by atoms with Gasteiger partial charge in [-0.2, -0.15) is 5.26 Å². The molecule has 0 aliphatic heterocycles. The first-order chi connectivity index (χ1) is 8.76. The SMILES string of the molecule is C=C(c1ccc(OC)cc1)c1ccccc1C#N. The topological polar surface area (TPSA) is 33.0 Å². The van der Waals surface area contributed by atoms with E-state index in [1.807, 2.05) is 42.5 Å². The lowest BCUT2D eigenvalue weighted by molar-refractivity contribution is 0.415. The maximum Gasteiger partial charge on any atom is 0.118 e. The Balaban J connectivity index is 2.39. The van der Waals surface area contributed by atoms with Gasteiger partial charge in [0.15, 0.2) is 0 Å². The van der Waals surface area contributed by atoms with Gasteiger partial charge in [0.05, 0.1) is 18.7 Å². The molecular formula is C16H13NO. The standard InChI is InChI=1S/C16H13NO/c1-12(13-7-9-15(18-2)10-8-13)16-6-4-3-5-14(16)11-17/h3-10H,1H2,2H3. The van der Waals surface area contributed by atoms with Crippen molar-refractivity contribution in [3.05, 3.63) is 71.8 Å². The maximum absolute atomic E-state index is 9.09. The number of ether oxygens (including phenoxy) is 1. The van der Waals surface area contributed by atoms with Crippen LogP contribution in [0.25, 0.3) is 5.57 Å². The van der Waals surface area contributed by atoms with E-state index in [1.54, 1.807) is 13.2 Å². The number of hydrogen-bond donors (Lipinski definition) is 0. The van der Waals surface area contributed by atoms with E-state index < -0.39 is 0 Å². The summed E-state index contributed by atoms with van der Waals surface area (Å²) in [6.07, 6.45) is 0. The van der Waals surface area contributed by atoms with E-state index in [-0.39, 0.29) is 0 Å². The van der Waals surface area contributed by atoms with E-state index in [1.165, 1.54) is 0 Å². The second-order valence-electron chi connectivity index (χ2n) is 3.86. The Hall–Kier alpha value is -2.53. The summed E-state index contributed by atoms with van der Waals surface area (Å²) in [5.41, 5.74) is 3.33. The Morgan fingerprint density at radius 1 is 1.11 bits per heavy atom. The predicted octanol–water partition coefficient (Wildman–Crippen LogP) is 3.63. The fraction of sp³-hybridized carbons (Fsp3) is 0.0625. The van der Waals surface area contributed by atoms with Crippen LogP contribution in [0, 0.1) is 11.3 Å². The summed E-state index contributed by atoms with van der Waals surface area (Å²) in [7, 11) is 1.63. The fourth-order valence-electron chi connectivity index (χ4n) is 1.79. The van der Waals surface area contributed by atoms with Crippen LogP contribution >= 0.6 is 0 Å². The summed E-state index contributed by atoms with van der Waals surface area (Å²) in [5, 5.41) is 9.09. The van der Waals surface area contributed by atoms with Crippen molar-refractivity contribution >= 4 is 5.57 Å². The van der Waals surface area contributed by atoms with Gasteiger partial charge in [-0.15, -0.1) is 0 Å². The molecule has 0 fully saturated rings. The van der Waals surface area contributed by atoms with Gasteiger partial charge in [-0.3, -0.25) is 0 Å². The third-order valence-corrected chi connectivity index (χ3v) is 2.81. The second-order valence-corrected chi connectivity index (χ2v) is 3.86. The van der Waals surface area contributed by atoms with Crippen molar-refractivity contribution in [3.8, 4) is 11.8 Å². The average Bonchev–Trinajstić information content (AvgIpc) is 2.46. The molecule has 0 aromatic heterocycles. The number of benzene rings is 2. The van der Waals surface area contributed by atoms with E-state index in [2.05, 4.69) is 12.6 Å². The van der Waals surface area contributed by atoms with E-state index in [0.29, 0.717) is 5.56 Å². The highest BCUT2D eigenvalue weighted by Gasteiger charge is 2.07. The van der Waals surface area contributed by atoms with Crippen LogP contribution in [0.3, 0.4) is 0 Å². The van der Waals surface area contributed by atoms with Gasteiger partial charge in [-0.25, -0.2) is 0 Å². The first-order valence-electron chi connectivity index (χ1n) is 5.59. The van der Waals surface area contributed by atoms with Crippen LogP contribution in [-0.2, 0) is 0 Å². The Kier molecular flexibility index (Phi) is 3.45. The number of hydrogen-bond acceptors (Lipinski definition) is 2. The van der Waals surface area contributed by atoms with Crippen molar-refractivity contribution < 1.29 is 4.74 Å². The van der Waals surface area contributed by atoms with Gasteiger partial charge in [0.2, 0.25) is 0 Å². The summed E-state index contributed by atoms with van der Waals surface area (Å²) in [6, 6.07) is 17.3. The van der Waals surface area contributed by atoms with Crippen LogP contribution in [0.5, 0.6) is 5.75 Å². The van der Waals surface area contributed by atoms with Gasteiger partial charge < -0.3 is 4.74 Å². The molecule has 0 saturated carbocycles. The minimum absolute atomic E-state index is 0.637. The Labute approximate surface area is 107 Å². The summed E-state index contributed by atoms with van der Waals surface area (Å²) in [4.78, 5) is 0. The first-order valence-corrected chi connectivity index (χ1v) is 5.59. The molecule has 0 saturated heterocycles. The van der Waals surface area contributed by atoms with Crippen molar-refractivity contribution in [2.75, 3.05) is 7.11 Å². The molecule has 0 radical (unpaired) electrons. The highest BCUT2D eigenvalue weighted by Crippen LogP contribution is 2.25. The molecule has 0 aliphatic rings. The van der Waals surface area contributed by atoms with Gasteiger partial charge in [0.25, 0.3) is 0 Å². The zero-order valence-electron chi connectivity index (χ0n) is 10.2. The molecule has 0 bridgehead atoms. The minimum Gasteiger partial charge on any atom is -0.497 e. The highest BCUT2D eigenvalue weighted by molar-refractivity contribution is 5.81. The van der Waals surface area contributed by atoms with Crippen molar-refractivity contribution in [3.63, 3.8) is 0 Å². The Morgan fingerprint density at radius 2 is 1.78 bits per heavy atom. The van der Waals surface area contributed by atoms with Crippen molar-refractivity contribution in [2.24, 2.45) is 0 Å². The van der Waals surface area contributed by atoms with Crippen molar-refractivity contribution in [1.29, 1.82) is 5.26 Å². The molecule has 18 heavy (non-hydrogen) atoms. The quantitative estimate of drug-likeness (QED) is 0.813. The molecule has 0 unspecified atom stereocenters. The number of nitriles is 1. The second kappa shape index (κ2) is 5.20. The van der Waals surface area contributed by atoms with Crippen LogP contribution in [0.15, 0.2) is 55.1 Å². The van der Waals surface area contributed by atoms with Crippen LogP contribution in [0.1, 0.15) is 16.7 Å². The van der Waals surface area contributed by atoms with E-state index in [9.17, 15) is 0 Å². The molecule has 0 atom stereocenters. The van der Waals surface area contributed by atoms with Gasteiger partial charge in [0.1, 0.15) is 5.75 Å². The molecular weight excluding hydrogens is 222 g/mol. The minimum atomic E-state index is 0.637. The summed E-state index contributed by atoms with van der Waals surface area (Å²) >= 11 is 0. The maximum atomic E-state index is 9.09. The van der Waals surface area contributed by atoms with Crippen molar-refractivity contribution in [1.82, 2.24) is 0 Å². The van der Waals surface area contributed by atoms with E-state index >= 15 is 0 Å². The molecule has 0 N–H and O–H groups in total. The highest BCUT2D eigenvalue weighted by atomic mass is 16.5. The van der Waals surface area contributed by atoms with Gasteiger partial charge in [0, 0.05) is 0 Å². The molecule has 2 rings (SSSR count). The summed E-state index contributed by atoms with van der Waals surface area (Å²) in [6.45, 7) is 4.07. The first kappa shape index (κ1) is 11.9. The fourth-order valence-corrected chi connectivity index (χ4v) is 1.79. The molecule has 2 aromatic carbocycles. The predicted molar refractivity (Wildman–Crippen MR) is 72.3 cm³/mol. The third kappa shape index (κ3) is 2.26. The normalized spacial score (nSPS) is 9.56. The largest absolute Gasteiger partial charge is 0.497 e. The number of nitrogens with zero attached hydrogens (tertiary/aromatic N) is 1. The summed E-state index contributed by atoms with van der Waals surface area (Å²) in [5.74, 6) is 0.806. The molecule has 0 heterocycles. The van der Waals surface area contributed by atoms with E-state index in [0.717, 1.165) is 22.4 Å². The zero-order chi connectivity index (χ0) is 13.0. The molecule has 0 aliphatic carbocycles. The third-order valence-electron chi connectivity index (χ3n) is 2.81. The smallest absolute Gasteiger partial charge is 0.118 e. The monoisotopic (exact) mass is 235 g/mol. The van der Waals surface area contributed by atoms with Crippen LogP contribution in [-0.4, -0.2) is 7.11 Å². The van der Waals surface area contributed by atoms with Gasteiger partial charge in [-0.1, -0.05) is 36.9 Å². The lowest BCUT2D eigenvalue weighted by atomic mass is 9.96. The average molecular weight is 235 g/mol.